The molecule has 0 unspecified atom stereocenters. The van der Waals surface area contributed by atoms with Gasteiger partial charge in [-0.2, -0.15) is 0 Å². The van der Waals surface area contributed by atoms with E-state index in [1.54, 1.807) is 0 Å². The number of nitrogens with two attached hydrogens (primary N) is 1. The van der Waals surface area contributed by atoms with Crippen LogP contribution >= 0.6 is 12.4 Å². The molecule has 0 aromatic rings. The lowest BCUT2D eigenvalue weighted by molar-refractivity contribution is 0.0451. The predicted molar refractivity (Wildman–Crippen MR) is 43.1 cm³/mol. The maximum Gasteiger partial charge on any atom is 0.0977 e. The Bertz CT molecular complexity index is 89.8. The third-order valence-electron chi connectivity index (χ3n) is 1.10. The number of hydrogen-bond donors (Lipinski definition) is 3. The molecule has 62 valence electrons. The Hall–Kier alpha value is -0.0900. The van der Waals surface area contributed by atoms with Crippen LogP contribution in [0, 0.1) is 0 Å². The highest BCUT2D eigenvalue weighted by Gasteiger charge is 2.09. The first-order chi connectivity index (χ1) is 4.22. The minimum Gasteiger partial charge on any atom is -0.390 e. The van der Waals surface area contributed by atoms with Gasteiger partial charge >= 0.3 is 0 Å². The summed E-state index contributed by atoms with van der Waals surface area (Å²) in [6.07, 6.45) is 0.106. The summed E-state index contributed by atoms with van der Waals surface area (Å²) in [6.45, 7) is 3.69. The zero-order valence-corrected chi connectivity index (χ0v) is 6.55. The van der Waals surface area contributed by atoms with E-state index in [1.807, 2.05) is 0 Å². The fourth-order valence-corrected chi connectivity index (χ4v) is 0.499. The lowest BCUT2D eigenvalue weighted by Crippen LogP contribution is -2.26. The first kappa shape index (κ1) is 12.6. The number of aliphatic hydroxyl groups excluding tert-OH is 2. The summed E-state index contributed by atoms with van der Waals surface area (Å²) >= 11 is 0. The van der Waals surface area contributed by atoms with Crippen molar-refractivity contribution < 1.29 is 10.2 Å². The van der Waals surface area contributed by atoms with Gasteiger partial charge in [-0.1, -0.05) is 6.08 Å². The lowest BCUT2D eigenvalue weighted by atomic mass is 10.1. The van der Waals surface area contributed by atoms with Crippen molar-refractivity contribution in [2.45, 2.75) is 18.6 Å². The van der Waals surface area contributed by atoms with Gasteiger partial charge in [-0.3, -0.25) is 0 Å². The van der Waals surface area contributed by atoms with Crippen molar-refractivity contribution >= 4 is 12.4 Å². The Morgan fingerprint density at radius 1 is 1.50 bits per heavy atom. The molecule has 0 aliphatic rings. The van der Waals surface area contributed by atoms with Crippen molar-refractivity contribution in [2.75, 3.05) is 6.54 Å². The topological polar surface area (TPSA) is 66.5 Å². The molecule has 0 heterocycles. The average Bonchev–Trinajstić information content (AvgIpc) is 1.87. The second-order valence-corrected chi connectivity index (χ2v) is 1.87. The van der Waals surface area contributed by atoms with Gasteiger partial charge in [-0.05, 0) is 13.0 Å². The fraction of sp³-hybridized carbons (Fsp3) is 0.667. The zero-order valence-electron chi connectivity index (χ0n) is 5.73. The molecule has 10 heavy (non-hydrogen) atoms. The summed E-state index contributed by atoms with van der Waals surface area (Å²) in [7, 11) is 0. The van der Waals surface area contributed by atoms with Crippen molar-refractivity contribution in [3.63, 3.8) is 0 Å². The largest absolute Gasteiger partial charge is 0.390 e. The molecule has 2 atom stereocenters. The van der Waals surface area contributed by atoms with Crippen LogP contribution in [0.15, 0.2) is 12.7 Å². The number of hydrogen-bond acceptors (Lipinski definition) is 3. The molecule has 0 amide bonds. The quantitative estimate of drug-likeness (QED) is 0.503. The summed E-state index contributed by atoms with van der Waals surface area (Å²) < 4.78 is 0. The van der Waals surface area contributed by atoms with Gasteiger partial charge in [0.1, 0.15) is 0 Å². The van der Waals surface area contributed by atoms with E-state index < -0.39 is 12.2 Å². The van der Waals surface area contributed by atoms with Crippen molar-refractivity contribution in [2.24, 2.45) is 5.73 Å². The molecule has 4 N–H and O–H groups in total. The van der Waals surface area contributed by atoms with Crippen molar-refractivity contribution in [3.05, 3.63) is 12.7 Å². The van der Waals surface area contributed by atoms with Crippen LogP contribution in [-0.2, 0) is 0 Å². The van der Waals surface area contributed by atoms with Gasteiger partial charge in [0.2, 0.25) is 0 Å². The van der Waals surface area contributed by atoms with Crippen LogP contribution in [0.3, 0.4) is 0 Å². The maximum atomic E-state index is 8.92. The average molecular weight is 168 g/mol. The number of aliphatic hydroxyl groups is 2. The second kappa shape index (κ2) is 7.02. The molecule has 0 rings (SSSR count). The molecule has 0 aromatic heterocycles. The van der Waals surface area contributed by atoms with Crippen molar-refractivity contribution in [1.29, 1.82) is 0 Å². The predicted octanol–water partition coefficient (Wildman–Crippen LogP) is -0.335. The van der Waals surface area contributed by atoms with Crippen LogP contribution in [0.4, 0.5) is 0 Å². The van der Waals surface area contributed by atoms with Gasteiger partial charge < -0.3 is 15.9 Å². The lowest BCUT2D eigenvalue weighted by Gasteiger charge is -2.11. The van der Waals surface area contributed by atoms with Crippen LogP contribution in [0.5, 0.6) is 0 Å². The summed E-state index contributed by atoms with van der Waals surface area (Å²) in [4.78, 5) is 0. The van der Waals surface area contributed by atoms with Crippen LogP contribution in [-0.4, -0.2) is 29.0 Å². The second-order valence-electron chi connectivity index (χ2n) is 1.87. The van der Waals surface area contributed by atoms with Crippen molar-refractivity contribution in [1.82, 2.24) is 0 Å². The van der Waals surface area contributed by atoms with Crippen LogP contribution in [0.1, 0.15) is 6.42 Å². The van der Waals surface area contributed by atoms with Gasteiger partial charge in [0.05, 0.1) is 12.2 Å². The monoisotopic (exact) mass is 167 g/mol. The highest BCUT2D eigenvalue weighted by molar-refractivity contribution is 5.85. The Morgan fingerprint density at radius 2 is 2.00 bits per heavy atom. The molecule has 3 nitrogen and oxygen atoms in total. The van der Waals surface area contributed by atoms with Gasteiger partial charge in [-0.25, -0.2) is 0 Å². The van der Waals surface area contributed by atoms with Gasteiger partial charge in [-0.15, -0.1) is 19.0 Å². The third kappa shape index (κ3) is 4.76. The Morgan fingerprint density at radius 3 is 2.30 bits per heavy atom. The van der Waals surface area contributed by atoms with E-state index in [0.29, 0.717) is 13.0 Å². The smallest absolute Gasteiger partial charge is 0.0977 e. The van der Waals surface area contributed by atoms with Crippen molar-refractivity contribution in [3.8, 4) is 0 Å². The Balaban J connectivity index is 0. The minimum atomic E-state index is -0.839. The SMILES string of the molecule is C=C[C@H](O)[C@H](O)CCN.Cl. The summed E-state index contributed by atoms with van der Waals surface area (Å²) in [5, 5.41) is 17.8. The van der Waals surface area contributed by atoms with E-state index in [9.17, 15) is 0 Å². The minimum absolute atomic E-state index is 0. The molecule has 4 heteroatoms. The highest BCUT2D eigenvalue weighted by atomic mass is 35.5. The zero-order chi connectivity index (χ0) is 7.28. The molecule has 0 aromatic carbocycles. The summed E-state index contributed by atoms with van der Waals surface area (Å²) in [6, 6.07) is 0. The first-order valence-corrected chi connectivity index (χ1v) is 2.91. The van der Waals surface area contributed by atoms with Gasteiger partial charge in [0, 0.05) is 0 Å². The Kier molecular flexibility index (Phi) is 8.83. The molecule has 0 radical (unpaired) electrons. The molecule has 0 spiro atoms. The molecule has 0 fully saturated rings. The van der Waals surface area contributed by atoms with E-state index >= 15 is 0 Å². The molecule has 0 saturated carbocycles. The molecular formula is C6H14ClNO2. The molecule has 0 aliphatic heterocycles. The molecule has 0 saturated heterocycles. The number of rotatable bonds is 4. The van der Waals surface area contributed by atoms with E-state index in [2.05, 4.69) is 6.58 Å². The van der Waals surface area contributed by atoms with Gasteiger partial charge in [0.15, 0.2) is 0 Å². The van der Waals surface area contributed by atoms with Crippen LogP contribution < -0.4 is 5.73 Å². The maximum absolute atomic E-state index is 8.92. The van der Waals surface area contributed by atoms with Crippen LogP contribution in [0.2, 0.25) is 0 Å². The van der Waals surface area contributed by atoms with Crippen LogP contribution in [0.25, 0.3) is 0 Å². The summed E-state index contributed by atoms with van der Waals surface area (Å²) in [5.41, 5.74) is 5.12. The normalized spacial score (nSPS) is 15.1. The fourth-order valence-electron chi connectivity index (χ4n) is 0.499. The first-order valence-electron chi connectivity index (χ1n) is 2.91. The third-order valence-corrected chi connectivity index (χ3v) is 1.10. The molecule has 0 aliphatic carbocycles. The van der Waals surface area contributed by atoms with E-state index in [1.165, 1.54) is 6.08 Å². The molecule has 0 bridgehead atoms. The Labute approximate surface area is 67.0 Å². The van der Waals surface area contributed by atoms with E-state index in [4.69, 9.17) is 15.9 Å². The number of halogens is 1. The molecular weight excluding hydrogens is 154 g/mol. The van der Waals surface area contributed by atoms with Gasteiger partial charge in [0.25, 0.3) is 0 Å². The van der Waals surface area contributed by atoms with E-state index in [0.717, 1.165) is 0 Å². The van der Waals surface area contributed by atoms with E-state index in [-0.39, 0.29) is 12.4 Å². The highest BCUT2D eigenvalue weighted by Crippen LogP contribution is 1.97. The standard InChI is InChI=1S/C6H13NO2.ClH/c1-2-5(8)6(9)3-4-7;/h2,5-6,8-9H,1,3-4,7H2;1H/t5-,6+;/m0./s1. The summed E-state index contributed by atoms with van der Waals surface area (Å²) in [5.74, 6) is 0.